The van der Waals surface area contributed by atoms with E-state index in [0.29, 0.717) is 5.15 Å². The number of aryl methyl sites for hydroxylation is 2. The van der Waals surface area contributed by atoms with Gasteiger partial charge in [0.25, 0.3) is 0 Å². The normalized spacial score (nSPS) is 10.6. The summed E-state index contributed by atoms with van der Waals surface area (Å²) in [5.74, 6) is 2.41. The Hall–Kier alpha value is -1.69. The lowest BCUT2D eigenvalue weighted by atomic mass is 10.4. The van der Waals surface area contributed by atoms with E-state index >= 15 is 0 Å². The van der Waals surface area contributed by atoms with Gasteiger partial charge in [-0.05, 0) is 0 Å². The van der Waals surface area contributed by atoms with Gasteiger partial charge in [0.1, 0.15) is 28.9 Å². The van der Waals surface area contributed by atoms with Gasteiger partial charge in [0, 0.05) is 32.5 Å². The summed E-state index contributed by atoms with van der Waals surface area (Å²) < 4.78 is 1.89. The lowest BCUT2D eigenvalue weighted by molar-refractivity contribution is 0.786. The Labute approximate surface area is 110 Å². The molecule has 0 aliphatic heterocycles. The number of anilines is 1. The van der Waals surface area contributed by atoms with Gasteiger partial charge >= 0.3 is 0 Å². The fraction of sp³-hybridized carbons (Fsp3) is 0.455. The molecule has 0 aliphatic carbocycles. The molecule has 0 aromatic carbocycles. The molecular formula is C11H15ClN6. The first-order chi connectivity index (χ1) is 8.69. The smallest absolute Gasteiger partial charge is 0.134 e. The van der Waals surface area contributed by atoms with Crippen LogP contribution in [-0.2, 0) is 19.9 Å². The predicted octanol–water partition coefficient (Wildman–Crippen LogP) is 1.48. The Balaban J connectivity index is 1.94. The molecule has 0 spiro atoms. The number of nitrogens with zero attached hydrogens (tertiary/aromatic N) is 5. The highest BCUT2D eigenvalue weighted by Crippen LogP contribution is 2.11. The van der Waals surface area contributed by atoms with Crippen molar-refractivity contribution >= 4 is 17.4 Å². The molecule has 96 valence electrons. The average Bonchev–Trinajstić information content (AvgIpc) is 2.74. The zero-order valence-corrected chi connectivity index (χ0v) is 11.1. The van der Waals surface area contributed by atoms with Gasteiger partial charge in [-0.3, -0.25) is 0 Å². The van der Waals surface area contributed by atoms with Crippen LogP contribution in [0.25, 0.3) is 0 Å². The second-order valence-electron chi connectivity index (χ2n) is 3.88. The molecule has 0 amide bonds. The first-order valence-electron chi connectivity index (χ1n) is 5.79. The van der Waals surface area contributed by atoms with Crippen molar-refractivity contribution in [2.75, 3.05) is 11.9 Å². The van der Waals surface area contributed by atoms with E-state index in [2.05, 4.69) is 25.5 Å². The molecule has 1 N–H and O–H groups in total. The molecule has 2 heterocycles. The minimum Gasteiger partial charge on any atom is -0.369 e. The van der Waals surface area contributed by atoms with Crippen LogP contribution in [0.5, 0.6) is 0 Å². The van der Waals surface area contributed by atoms with Crippen molar-refractivity contribution in [3.63, 3.8) is 0 Å². The SMILES string of the molecule is CCc1nc(Cl)cc(NCCc2nncn2C)n1. The number of hydrogen-bond donors (Lipinski definition) is 1. The van der Waals surface area contributed by atoms with Crippen molar-refractivity contribution in [3.05, 3.63) is 29.2 Å². The van der Waals surface area contributed by atoms with E-state index in [0.717, 1.165) is 36.9 Å². The molecule has 0 bridgehead atoms. The van der Waals surface area contributed by atoms with Gasteiger partial charge in [0.15, 0.2) is 0 Å². The van der Waals surface area contributed by atoms with Crippen LogP contribution >= 0.6 is 11.6 Å². The van der Waals surface area contributed by atoms with Crippen molar-refractivity contribution in [1.29, 1.82) is 0 Å². The third-order valence-corrected chi connectivity index (χ3v) is 2.71. The van der Waals surface area contributed by atoms with Crippen molar-refractivity contribution in [2.45, 2.75) is 19.8 Å². The van der Waals surface area contributed by atoms with Gasteiger partial charge in [-0.1, -0.05) is 18.5 Å². The van der Waals surface area contributed by atoms with Crippen LogP contribution in [-0.4, -0.2) is 31.3 Å². The van der Waals surface area contributed by atoms with Crippen molar-refractivity contribution in [1.82, 2.24) is 24.7 Å². The van der Waals surface area contributed by atoms with Crippen molar-refractivity contribution in [2.24, 2.45) is 7.05 Å². The van der Waals surface area contributed by atoms with E-state index in [1.165, 1.54) is 0 Å². The van der Waals surface area contributed by atoms with Gasteiger partial charge in [-0.25, -0.2) is 9.97 Å². The molecule has 6 nitrogen and oxygen atoms in total. The van der Waals surface area contributed by atoms with Crippen LogP contribution in [0, 0.1) is 0 Å². The van der Waals surface area contributed by atoms with E-state index in [1.807, 2.05) is 18.5 Å². The lowest BCUT2D eigenvalue weighted by Crippen LogP contribution is -2.10. The highest BCUT2D eigenvalue weighted by molar-refractivity contribution is 6.29. The first kappa shape index (κ1) is 12.8. The summed E-state index contributed by atoms with van der Waals surface area (Å²) in [5, 5.41) is 11.5. The number of rotatable bonds is 5. The van der Waals surface area contributed by atoms with Crippen LogP contribution in [0.2, 0.25) is 5.15 Å². The van der Waals surface area contributed by atoms with Crippen LogP contribution in [0.1, 0.15) is 18.6 Å². The molecule has 2 aromatic rings. The lowest BCUT2D eigenvalue weighted by Gasteiger charge is -2.06. The van der Waals surface area contributed by atoms with Crippen molar-refractivity contribution in [3.8, 4) is 0 Å². The molecule has 0 aliphatic rings. The Morgan fingerprint density at radius 2 is 2.22 bits per heavy atom. The van der Waals surface area contributed by atoms with Crippen molar-refractivity contribution < 1.29 is 0 Å². The molecule has 2 aromatic heterocycles. The number of halogens is 1. The average molecular weight is 267 g/mol. The first-order valence-corrected chi connectivity index (χ1v) is 6.17. The standard InChI is InChI=1S/C11H15ClN6/c1-3-9-15-8(12)6-10(16-9)13-5-4-11-17-14-7-18(11)2/h6-7H,3-5H2,1-2H3,(H,13,15,16). The van der Waals surface area contributed by atoms with E-state index in [4.69, 9.17) is 11.6 Å². The molecule has 0 unspecified atom stereocenters. The second kappa shape index (κ2) is 5.77. The van der Waals surface area contributed by atoms with Gasteiger partial charge < -0.3 is 9.88 Å². The Bertz CT molecular complexity index is 524. The molecule has 0 saturated carbocycles. The zero-order valence-electron chi connectivity index (χ0n) is 10.4. The molecule has 0 saturated heterocycles. The van der Waals surface area contributed by atoms with E-state index in [9.17, 15) is 0 Å². The van der Waals surface area contributed by atoms with Gasteiger partial charge in [0.05, 0.1) is 0 Å². The summed E-state index contributed by atoms with van der Waals surface area (Å²) >= 11 is 5.91. The van der Waals surface area contributed by atoms with E-state index in [-0.39, 0.29) is 0 Å². The molecular weight excluding hydrogens is 252 g/mol. The summed E-state index contributed by atoms with van der Waals surface area (Å²) in [4.78, 5) is 8.46. The quantitative estimate of drug-likeness (QED) is 0.830. The zero-order chi connectivity index (χ0) is 13.0. The minimum atomic E-state index is 0.461. The maximum absolute atomic E-state index is 5.91. The predicted molar refractivity (Wildman–Crippen MR) is 69.6 cm³/mol. The number of aromatic nitrogens is 5. The molecule has 18 heavy (non-hydrogen) atoms. The number of nitrogens with one attached hydrogen (secondary N) is 1. The summed E-state index contributed by atoms with van der Waals surface area (Å²) in [6.45, 7) is 2.72. The summed E-state index contributed by atoms with van der Waals surface area (Å²) in [6.07, 6.45) is 3.23. The van der Waals surface area contributed by atoms with Crippen LogP contribution in [0.3, 0.4) is 0 Å². The molecule has 0 radical (unpaired) electrons. The van der Waals surface area contributed by atoms with Crippen LogP contribution in [0.15, 0.2) is 12.4 Å². The third-order valence-electron chi connectivity index (χ3n) is 2.52. The van der Waals surface area contributed by atoms with Crippen LogP contribution < -0.4 is 5.32 Å². The van der Waals surface area contributed by atoms with Gasteiger partial charge in [-0.2, -0.15) is 0 Å². The third kappa shape index (κ3) is 3.16. The number of hydrogen-bond acceptors (Lipinski definition) is 5. The van der Waals surface area contributed by atoms with Gasteiger partial charge in [0.2, 0.25) is 0 Å². The Morgan fingerprint density at radius 1 is 1.39 bits per heavy atom. The molecule has 0 atom stereocenters. The Morgan fingerprint density at radius 3 is 2.89 bits per heavy atom. The monoisotopic (exact) mass is 266 g/mol. The molecule has 2 rings (SSSR count). The highest BCUT2D eigenvalue weighted by atomic mass is 35.5. The fourth-order valence-corrected chi connectivity index (χ4v) is 1.75. The fourth-order valence-electron chi connectivity index (χ4n) is 1.55. The summed E-state index contributed by atoms with van der Waals surface area (Å²) in [5.41, 5.74) is 0. The van der Waals surface area contributed by atoms with E-state index < -0.39 is 0 Å². The molecule has 0 fully saturated rings. The Kier molecular flexibility index (Phi) is 4.09. The second-order valence-corrected chi connectivity index (χ2v) is 4.27. The molecule has 7 heteroatoms. The topological polar surface area (TPSA) is 68.5 Å². The van der Waals surface area contributed by atoms with E-state index in [1.54, 1.807) is 12.4 Å². The maximum Gasteiger partial charge on any atom is 0.134 e. The van der Waals surface area contributed by atoms with Gasteiger partial charge in [-0.15, -0.1) is 10.2 Å². The highest BCUT2D eigenvalue weighted by Gasteiger charge is 2.03. The summed E-state index contributed by atoms with van der Waals surface area (Å²) in [7, 11) is 1.92. The van der Waals surface area contributed by atoms with Crippen LogP contribution in [0.4, 0.5) is 5.82 Å². The minimum absolute atomic E-state index is 0.461. The largest absolute Gasteiger partial charge is 0.369 e. The maximum atomic E-state index is 5.91. The summed E-state index contributed by atoms with van der Waals surface area (Å²) in [6, 6.07) is 1.72.